The Labute approximate surface area is 117 Å². The lowest BCUT2D eigenvalue weighted by Gasteiger charge is -2.30. The molecule has 2 rings (SSSR count). The molecule has 0 aromatic carbocycles. The summed E-state index contributed by atoms with van der Waals surface area (Å²) in [5, 5.41) is 3.69. The lowest BCUT2D eigenvalue weighted by molar-refractivity contribution is 0.319. The number of hydrogen-bond donors (Lipinski definition) is 1. The van der Waals surface area contributed by atoms with Crippen LogP contribution < -0.4 is 10.2 Å². The average molecular weight is 261 g/mol. The second-order valence-electron chi connectivity index (χ2n) is 5.94. The first-order chi connectivity index (χ1) is 9.20. The van der Waals surface area contributed by atoms with Gasteiger partial charge in [0.1, 0.15) is 0 Å². The first-order valence-electron chi connectivity index (χ1n) is 7.58. The molecule has 0 unspecified atom stereocenters. The number of rotatable bonds is 5. The van der Waals surface area contributed by atoms with Gasteiger partial charge in [0.25, 0.3) is 0 Å². The third-order valence-electron chi connectivity index (χ3n) is 4.18. The van der Waals surface area contributed by atoms with Crippen molar-refractivity contribution in [2.24, 2.45) is 5.92 Å². The van der Waals surface area contributed by atoms with Gasteiger partial charge >= 0.3 is 0 Å². The van der Waals surface area contributed by atoms with E-state index in [1.807, 2.05) is 12.4 Å². The molecule has 19 heavy (non-hydrogen) atoms. The maximum atomic E-state index is 4.25. The van der Waals surface area contributed by atoms with Crippen LogP contribution in [0.25, 0.3) is 0 Å². The van der Waals surface area contributed by atoms with Gasteiger partial charge in [0.2, 0.25) is 0 Å². The number of nitrogens with one attached hydrogen (secondary N) is 1. The van der Waals surface area contributed by atoms with E-state index in [-0.39, 0.29) is 0 Å². The van der Waals surface area contributed by atoms with Gasteiger partial charge in [-0.1, -0.05) is 19.8 Å². The van der Waals surface area contributed by atoms with Crippen molar-refractivity contribution in [3.05, 3.63) is 18.5 Å². The molecular formula is C16H27N3. The fourth-order valence-electron chi connectivity index (χ4n) is 3.11. The number of nitrogens with zero attached hydrogens (tertiary/aromatic N) is 2. The maximum absolute atomic E-state index is 4.25. The summed E-state index contributed by atoms with van der Waals surface area (Å²) < 4.78 is 0. The van der Waals surface area contributed by atoms with Crippen molar-refractivity contribution >= 4 is 11.4 Å². The highest BCUT2D eigenvalue weighted by atomic mass is 15.1. The topological polar surface area (TPSA) is 28.2 Å². The highest BCUT2D eigenvalue weighted by Crippen LogP contribution is 2.31. The molecule has 3 heteroatoms. The Bertz CT molecular complexity index is 381. The molecular weight excluding hydrogens is 234 g/mol. The van der Waals surface area contributed by atoms with Crippen molar-refractivity contribution in [1.29, 1.82) is 0 Å². The van der Waals surface area contributed by atoms with Gasteiger partial charge in [-0.05, 0) is 37.7 Å². The van der Waals surface area contributed by atoms with Crippen LogP contribution in [0.15, 0.2) is 18.5 Å². The van der Waals surface area contributed by atoms with Gasteiger partial charge in [0.15, 0.2) is 0 Å². The van der Waals surface area contributed by atoms with Gasteiger partial charge in [-0.2, -0.15) is 0 Å². The van der Waals surface area contributed by atoms with Gasteiger partial charge in [-0.15, -0.1) is 0 Å². The van der Waals surface area contributed by atoms with Gasteiger partial charge in [0, 0.05) is 26.3 Å². The highest BCUT2D eigenvalue weighted by molar-refractivity contribution is 5.68. The average Bonchev–Trinajstić information content (AvgIpc) is 2.42. The van der Waals surface area contributed by atoms with E-state index in [1.165, 1.54) is 49.9 Å². The van der Waals surface area contributed by atoms with E-state index in [1.54, 1.807) is 0 Å². The molecule has 106 valence electrons. The zero-order valence-corrected chi connectivity index (χ0v) is 12.5. The van der Waals surface area contributed by atoms with Crippen molar-refractivity contribution in [2.45, 2.75) is 51.5 Å². The second-order valence-corrected chi connectivity index (χ2v) is 5.94. The Morgan fingerprint density at radius 3 is 2.63 bits per heavy atom. The SMILES string of the molecule is CCCC1CCC(Nc2cnccc2N(C)C)CC1. The van der Waals surface area contributed by atoms with Crippen molar-refractivity contribution in [3.8, 4) is 0 Å². The maximum Gasteiger partial charge on any atom is 0.0766 e. The fraction of sp³-hybridized carbons (Fsp3) is 0.688. The van der Waals surface area contributed by atoms with Crippen molar-refractivity contribution in [3.63, 3.8) is 0 Å². The molecule has 1 aliphatic carbocycles. The van der Waals surface area contributed by atoms with Crippen molar-refractivity contribution in [1.82, 2.24) is 4.98 Å². The van der Waals surface area contributed by atoms with E-state index in [2.05, 4.69) is 42.3 Å². The number of hydrogen-bond acceptors (Lipinski definition) is 3. The van der Waals surface area contributed by atoms with Gasteiger partial charge in [0.05, 0.1) is 17.6 Å². The van der Waals surface area contributed by atoms with E-state index < -0.39 is 0 Å². The van der Waals surface area contributed by atoms with Crippen LogP contribution in [0.1, 0.15) is 45.4 Å². The lowest BCUT2D eigenvalue weighted by atomic mass is 9.83. The Hall–Kier alpha value is -1.25. The van der Waals surface area contributed by atoms with E-state index in [0.29, 0.717) is 6.04 Å². The van der Waals surface area contributed by atoms with Gasteiger partial charge in [-0.25, -0.2) is 0 Å². The Kier molecular flexibility index (Phi) is 5.06. The first-order valence-corrected chi connectivity index (χ1v) is 7.58. The molecule has 1 N–H and O–H groups in total. The molecule has 0 aliphatic heterocycles. The Morgan fingerprint density at radius 2 is 2.00 bits per heavy atom. The van der Waals surface area contributed by atoms with Crippen LogP contribution in [0, 0.1) is 5.92 Å². The molecule has 1 aromatic rings. The quantitative estimate of drug-likeness (QED) is 0.870. The molecule has 1 fully saturated rings. The Balaban J connectivity index is 1.92. The zero-order chi connectivity index (χ0) is 13.7. The van der Waals surface area contributed by atoms with Crippen molar-refractivity contribution in [2.75, 3.05) is 24.3 Å². The summed E-state index contributed by atoms with van der Waals surface area (Å²) in [7, 11) is 4.16. The number of anilines is 2. The minimum absolute atomic E-state index is 0.621. The third kappa shape index (κ3) is 3.85. The summed E-state index contributed by atoms with van der Waals surface area (Å²) in [6.07, 6.45) is 11.9. The number of pyridine rings is 1. The van der Waals surface area contributed by atoms with Crippen LogP contribution in [0.3, 0.4) is 0 Å². The van der Waals surface area contributed by atoms with Crippen LogP contribution in [0.5, 0.6) is 0 Å². The summed E-state index contributed by atoms with van der Waals surface area (Å²) in [4.78, 5) is 6.39. The fourth-order valence-corrected chi connectivity index (χ4v) is 3.11. The molecule has 0 spiro atoms. The van der Waals surface area contributed by atoms with Crippen LogP contribution in [-0.4, -0.2) is 25.1 Å². The van der Waals surface area contributed by atoms with E-state index in [0.717, 1.165) is 5.92 Å². The third-order valence-corrected chi connectivity index (χ3v) is 4.18. The highest BCUT2D eigenvalue weighted by Gasteiger charge is 2.21. The standard InChI is InChI=1S/C16H27N3/c1-4-5-13-6-8-14(9-7-13)18-15-12-17-11-10-16(15)19(2)3/h10-14,18H,4-9H2,1-3H3. The minimum Gasteiger partial charge on any atom is -0.379 e. The molecule has 1 heterocycles. The van der Waals surface area contributed by atoms with E-state index >= 15 is 0 Å². The molecule has 1 aromatic heterocycles. The van der Waals surface area contributed by atoms with Gasteiger partial charge < -0.3 is 10.2 Å². The molecule has 1 aliphatic rings. The summed E-state index contributed by atoms with van der Waals surface area (Å²) in [5.74, 6) is 0.963. The molecule has 1 saturated carbocycles. The minimum atomic E-state index is 0.621. The summed E-state index contributed by atoms with van der Waals surface area (Å²) in [5.41, 5.74) is 2.40. The summed E-state index contributed by atoms with van der Waals surface area (Å²) >= 11 is 0. The van der Waals surface area contributed by atoms with E-state index in [9.17, 15) is 0 Å². The zero-order valence-electron chi connectivity index (χ0n) is 12.5. The van der Waals surface area contributed by atoms with Crippen molar-refractivity contribution < 1.29 is 0 Å². The lowest BCUT2D eigenvalue weighted by Crippen LogP contribution is -2.27. The van der Waals surface area contributed by atoms with Crippen LogP contribution >= 0.6 is 0 Å². The molecule has 0 saturated heterocycles. The van der Waals surface area contributed by atoms with E-state index in [4.69, 9.17) is 0 Å². The molecule has 3 nitrogen and oxygen atoms in total. The smallest absolute Gasteiger partial charge is 0.0766 e. The Morgan fingerprint density at radius 1 is 1.26 bits per heavy atom. The van der Waals surface area contributed by atoms with Crippen LogP contribution in [-0.2, 0) is 0 Å². The number of aromatic nitrogens is 1. The predicted molar refractivity (Wildman–Crippen MR) is 82.8 cm³/mol. The first kappa shape index (κ1) is 14.2. The summed E-state index contributed by atoms with van der Waals surface area (Å²) in [6, 6.07) is 2.70. The molecule has 0 radical (unpaired) electrons. The summed E-state index contributed by atoms with van der Waals surface area (Å²) in [6.45, 7) is 2.29. The molecule has 0 bridgehead atoms. The molecule has 0 amide bonds. The monoisotopic (exact) mass is 261 g/mol. The second kappa shape index (κ2) is 6.78. The normalized spacial score (nSPS) is 23.1. The van der Waals surface area contributed by atoms with Gasteiger partial charge in [-0.3, -0.25) is 4.98 Å². The van der Waals surface area contributed by atoms with Crippen LogP contribution in [0.2, 0.25) is 0 Å². The largest absolute Gasteiger partial charge is 0.379 e. The molecule has 0 atom stereocenters. The van der Waals surface area contributed by atoms with Crippen LogP contribution in [0.4, 0.5) is 11.4 Å². The predicted octanol–water partition coefficient (Wildman–Crippen LogP) is 3.92.